The van der Waals surface area contributed by atoms with Crippen molar-refractivity contribution in [3.63, 3.8) is 0 Å². The first kappa shape index (κ1) is 14.3. The van der Waals surface area contributed by atoms with Gasteiger partial charge >= 0.3 is 6.36 Å². The Balaban J connectivity index is 1.74. The summed E-state index contributed by atoms with van der Waals surface area (Å²) in [5.74, 6) is 0.875. The first-order valence-electron chi connectivity index (χ1n) is 6.31. The first-order chi connectivity index (χ1) is 9.04. The van der Waals surface area contributed by atoms with E-state index >= 15 is 0 Å². The van der Waals surface area contributed by atoms with Crippen molar-refractivity contribution in [2.75, 3.05) is 13.2 Å². The average molecular weight is 279 g/mol. The van der Waals surface area contributed by atoms with Crippen LogP contribution < -0.4 is 5.32 Å². The second-order valence-corrected chi connectivity index (χ2v) is 4.43. The summed E-state index contributed by atoms with van der Waals surface area (Å²) in [5, 5.41) is 11.0. The number of aryl methyl sites for hydroxylation is 1. The van der Waals surface area contributed by atoms with Crippen LogP contribution in [0.15, 0.2) is 4.42 Å². The summed E-state index contributed by atoms with van der Waals surface area (Å²) in [5.41, 5.74) is 0. The molecule has 0 aliphatic carbocycles. The molecule has 1 saturated heterocycles. The molecule has 1 aromatic rings. The Morgan fingerprint density at radius 1 is 1.32 bits per heavy atom. The van der Waals surface area contributed by atoms with E-state index in [1.54, 1.807) is 0 Å². The van der Waals surface area contributed by atoms with Crippen molar-refractivity contribution in [2.45, 2.75) is 44.5 Å². The maximum atomic E-state index is 11.7. The molecule has 2 rings (SSSR count). The van der Waals surface area contributed by atoms with Crippen LogP contribution in [0.2, 0.25) is 0 Å². The van der Waals surface area contributed by atoms with E-state index in [-0.39, 0.29) is 18.9 Å². The maximum absolute atomic E-state index is 11.7. The van der Waals surface area contributed by atoms with Gasteiger partial charge in [-0.1, -0.05) is 6.42 Å². The second kappa shape index (κ2) is 6.33. The molecule has 1 atom stereocenters. The Bertz CT molecular complexity index is 389. The molecule has 5 nitrogen and oxygen atoms in total. The molecule has 0 aromatic carbocycles. The van der Waals surface area contributed by atoms with Gasteiger partial charge in [0.2, 0.25) is 11.8 Å². The van der Waals surface area contributed by atoms with Crippen LogP contribution in [0.1, 0.15) is 43.5 Å². The Kier molecular flexibility index (Phi) is 4.76. The Hall–Kier alpha value is -1.15. The summed E-state index contributed by atoms with van der Waals surface area (Å²) < 4.78 is 44.3. The van der Waals surface area contributed by atoms with E-state index in [0.717, 1.165) is 25.8 Å². The van der Waals surface area contributed by atoms with Crippen LogP contribution in [0.4, 0.5) is 13.2 Å². The van der Waals surface area contributed by atoms with Crippen LogP contribution in [-0.4, -0.2) is 29.7 Å². The van der Waals surface area contributed by atoms with E-state index in [1.165, 1.54) is 0 Å². The van der Waals surface area contributed by atoms with E-state index in [0.29, 0.717) is 11.8 Å². The van der Waals surface area contributed by atoms with E-state index in [4.69, 9.17) is 4.42 Å². The minimum atomic E-state index is -4.58. The standard InChI is InChI=1S/C11H16F3N3O2/c12-11(13,14)18-7-3-5-9-16-17-10(19-9)8-4-1-2-6-15-8/h8,15H,1-7H2/t8-/m1/s1. The Labute approximate surface area is 108 Å². The van der Waals surface area contributed by atoms with Gasteiger partial charge < -0.3 is 9.73 Å². The number of nitrogens with zero attached hydrogens (tertiary/aromatic N) is 2. The van der Waals surface area contributed by atoms with E-state index in [1.807, 2.05) is 0 Å². The van der Waals surface area contributed by atoms with Gasteiger partial charge in [-0.2, -0.15) is 0 Å². The zero-order valence-corrected chi connectivity index (χ0v) is 10.4. The molecule has 0 bridgehead atoms. The first-order valence-corrected chi connectivity index (χ1v) is 6.31. The number of hydrogen-bond acceptors (Lipinski definition) is 5. The Morgan fingerprint density at radius 3 is 2.84 bits per heavy atom. The summed E-state index contributed by atoms with van der Waals surface area (Å²) >= 11 is 0. The van der Waals surface area contributed by atoms with Gasteiger partial charge in [0, 0.05) is 6.42 Å². The molecule has 0 saturated carbocycles. The lowest BCUT2D eigenvalue weighted by molar-refractivity contribution is -0.324. The molecule has 1 aliphatic heterocycles. The maximum Gasteiger partial charge on any atom is 0.522 e. The predicted octanol–water partition coefficient (Wildman–Crippen LogP) is 2.35. The number of aromatic nitrogens is 2. The topological polar surface area (TPSA) is 60.2 Å². The second-order valence-electron chi connectivity index (χ2n) is 4.43. The summed E-state index contributed by atoms with van der Waals surface area (Å²) in [6.07, 6.45) is -0.916. The molecular formula is C11H16F3N3O2. The molecular weight excluding hydrogens is 263 g/mol. The lowest BCUT2D eigenvalue weighted by atomic mass is 10.1. The van der Waals surface area contributed by atoms with Crippen molar-refractivity contribution in [2.24, 2.45) is 0 Å². The molecule has 0 unspecified atom stereocenters. The monoisotopic (exact) mass is 279 g/mol. The van der Waals surface area contributed by atoms with Gasteiger partial charge in [-0.3, -0.25) is 4.74 Å². The van der Waals surface area contributed by atoms with Gasteiger partial charge in [-0.15, -0.1) is 23.4 Å². The van der Waals surface area contributed by atoms with Gasteiger partial charge in [0.25, 0.3) is 0 Å². The highest BCUT2D eigenvalue weighted by Crippen LogP contribution is 2.22. The summed E-state index contributed by atoms with van der Waals surface area (Å²) in [7, 11) is 0. The number of halogens is 3. The molecule has 1 aromatic heterocycles. The summed E-state index contributed by atoms with van der Waals surface area (Å²) in [4.78, 5) is 0. The van der Waals surface area contributed by atoms with Gasteiger partial charge in [0.05, 0.1) is 12.6 Å². The van der Waals surface area contributed by atoms with Crippen molar-refractivity contribution in [3.05, 3.63) is 11.8 Å². The van der Waals surface area contributed by atoms with Crippen molar-refractivity contribution in [1.82, 2.24) is 15.5 Å². The van der Waals surface area contributed by atoms with Crippen molar-refractivity contribution in [3.8, 4) is 0 Å². The highest BCUT2D eigenvalue weighted by Gasteiger charge is 2.28. The van der Waals surface area contributed by atoms with Crippen LogP contribution >= 0.6 is 0 Å². The Morgan fingerprint density at radius 2 is 2.16 bits per heavy atom. The van der Waals surface area contributed by atoms with Crippen molar-refractivity contribution in [1.29, 1.82) is 0 Å². The van der Waals surface area contributed by atoms with Gasteiger partial charge in [0.1, 0.15) is 0 Å². The quantitative estimate of drug-likeness (QED) is 0.838. The molecule has 1 aliphatic rings. The molecule has 19 heavy (non-hydrogen) atoms. The van der Waals surface area contributed by atoms with Gasteiger partial charge in [-0.05, 0) is 25.8 Å². The predicted molar refractivity (Wildman–Crippen MR) is 59.2 cm³/mol. The third-order valence-electron chi connectivity index (χ3n) is 2.89. The summed E-state index contributed by atoms with van der Waals surface area (Å²) in [6, 6.07) is 0.0708. The van der Waals surface area contributed by atoms with Crippen molar-refractivity contribution >= 4 is 0 Å². The fourth-order valence-electron chi connectivity index (χ4n) is 1.98. The highest BCUT2D eigenvalue weighted by atomic mass is 19.4. The normalized spacial score (nSPS) is 20.7. The lowest BCUT2D eigenvalue weighted by Gasteiger charge is -2.19. The fraction of sp³-hybridized carbons (Fsp3) is 0.818. The fourth-order valence-corrected chi connectivity index (χ4v) is 1.98. The molecule has 2 heterocycles. The summed E-state index contributed by atoms with van der Waals surface area (Å²) in [6.45, 7) is 0.519. The third kappa shape index (κ3) is 4.79. The van der Waals surface area contributed by atoms with E-state index < -0.39 is 13.0 Å². The van der Waals surface area contributed by atoms with Crippen LogP contribution in [-0.2, 0) is 11.2 Å². The smallest absolute Gasteiger partial charge is 0.424 e. The molecule has 1 fully saturated rings. The average Bonchev–Trinajstić information content (AvgIpc) is 2.83. The molecule has 0 radical (unpaired) electrons. The van der Waals surface area contributed by atoms with Crippen LogP contribution in [0.5, 0.6) is 0 Å². The molecule has 8 heteroatoms. The number of piperidine rings is 1. The SMILES string of the molecule is FC(F)(F)OCCCc1nnc([C@H]2CCCCN2)o1. The number of nitrogens with one attached hydrogen (secondary N) is 1. The van der Waals surface area contributed by atoms with Gasteiger partial charge in [0.15, 0.2) is 0 Å². The highest BCUT2D eigenvalue weighted by molar-refractivity contribution is 4.91. The minimum Gasteiger partial charge on any atom is -0.424 e. The third-order valence-corrected chi connectivity index (χ3v) is 2.89. The van der Waals surface area contributed by atoms with Crippen LogP contribution in [0, 0.1) is 0 Å². The largest absolute Gasteiger partial charge is 0.522 e. The van der Waals surface area contributed by atoms with Crippen LogP contribution in [0.3, 0.4) is 0 Å². The molecule has 108 valence electrons. The number of hydrogen-bond donors (Lipinski definition) is 1. The van der Waals surface area contributed by atoms with E-state index in [2.05, 4.69) is 20.3 Å². The van der Waals surface area contributed by atoms with Gasteiger partial charge in [-0.25, -0.2) is 0 Å². The number of alkyl halides is 3. The molecule has 1 N–H and O–H groups in total. The molecule has 0 amide bonds. The zero-order valence-electron chi connectivity index (χ0n) is 10.4. The minimum absolute atomic E-state index is 0.0708. The van der Waals surface area contributed by atoms with Crippen LogP contribution in [0.25, 0.3) is 0 Å². The lowest BCUT2D eigenvalue weighted by Crippen LogP contribution is -2.26. The number of ether oxygens (including phenoxy) is 1. The zero-order chi connectivity index (χ0) is 13.7. The van der Waals surface area contributed by atoms with E-state index in [9.17, 15) is 13.2 Å². The number of rotatable bonds is 5. The van der Waals surface area contributed by atoms with Crippen molar-refractivity contribution < 1.29 is 22.3 Å². The molecule has 0 spiro atoms.